The highest BCUT2D eigenvalue weighted by Crippen LogP contribution is 2.25. The van der Waals surface area contributed by atoms with Gasteiger partial charge in [0.2, 0.25) is 0 Å². The molecule has 3 heteroatoms. The highest BCUT2D eigenvalue weighted by Gasteiger charge is 2.14. The third kappa shape index (κ3) is 5.17. The van der Waals surface area contributed by atoms with Crippen molar-refractivity contribution < 1.29 is 0 Å². The van der Waals surface area contributed by atoms with Gasteiger partial charge in [0.25, 0.3) is 0 Å². The fraction of sp³-hybridized carbons (Fsp3) is 0.643. The molecule has 0 aliphatic heterocycles. The molecule has 1 aromatic rings. The maximum Gasteiger partial charge on any atom is 0.0714 e. The topological polar surface area (TPSA) is 24.9 Å². The zero-order valence-corrected chi connectivity index (χ0v) is 12.5. The SMILES string of the molecule is CCCCCC(NCCC)c1ncccc1Br. The van der Waals surface area contributed by atoms with Crippen LogP contribution in [0.2, 0.25) is 0 Å². The van der Waals surface area contributed by atoms with Crippen LogP contribution in [0.1, 0.15) is 57.7 Å². The lowest BCUT2D eigenvalue weighted by Crippen LogP contribution is -2.23. The summed E-state index contributed by atoms with van der Waals surface area (Å²) in [5.74, 6) is 0. The number of aromatic nitrogens is 1. The summed E-state index contributed by atoms with van der Waals surface area (Å²) in [4.78, 5) is 4.50. The van der Waals surface area contributed by atoms with E-state index in [9.17, 15) is 0 Å². The largest absolute Gasteiger partial charge is 0.309 e. The maximum absolute atomic E-state index is 4.50. The molecule has 17 heavy (non-hydrogen) atoms. The van der Waals surface area contributed by atoms with Crippen molar-refractivity contribution in [2.45, 2.75) is 52.0 Å². The van der Waals surface area contributed by atoms with Gasteiger partial charge in [-0.15, -0.1) is 0 Å². The summed E-state index contributed by atoms with van der Waals surface area (Å²) in [6, 6.07) is 4.43. The van der Waals surface area contributed by atoms with Gasteiger partial charge in [0, 0.05) is 10.7 Å². The highest BCUT2D eigenvalue weighted by molar-refractivity contribution is 9.10. The molecular formula is C14H23BrN2. The minimum atomic E-state index is 0.386. The van der Waals surface area contributed by atoms with Crippen molar-refractivity contribution in [2.75, 3.05) is 6.54 Å². The molecule has 0 saturated carbocycles. The highest BCUT2D eigenvalue weighted by atomic mass is 79.9. The Morgan fingerprint density at radius 3 is 2.76 bits per heavy atom. The van der Waals surface area contributed by atoms with Gasteiger partial charge in [0.15, 0.2) is 0 Å². The lowest BCUT2D eigenvalue weighted by Gasteiger charge is -2.19. The van der Waals surface area contributed by atoms with Crippen molar-refractivity contribution in [1.82, 2.24) is 10.3 Å². The number of nitrogens with zero attached hydrogens (tertiary/aromatic N) is 1. The van der Waals surface area contributed by atoms with E-state index < -0.39 is 0 Å². The fourth-order valence-corrected chi connectivity index (χ4v) is 2.44. The summed E-state index contributed by atoms with van der Waals surface area (Å²) < 4.78 is 1.12. The summed E-state index contributed by atoms with van der Waals surface area (Å²) in [5, 5.41) is 3.59. The molecular weight excluding hydrogens is 276 g/mol. The van der Waals surface area contributed by atoms with Gasteiger partial charge in [-0.25, -0.2) is 0 Å². The predicted molar refractivity (Wildman–Crippen MR) is 77.1 cm³/mol. The molecule has 0 bridgehead atoms. The molecule has 1 unspecified atom stereocenters. The molecule has 1 rings (SSSR count). The van der Waals surface area contributed by atoms with Gasteiger partial charge in [-0.3, -0.25) is 4.98 Å². The van der Waals surface area contributed by atoms with E-state index in [4.69, 9.17) is 0 Å². The molecule has 2 nitrogen and oxygen atoms in total. The Bertz CT molecular complexity index is 315. The summed E-state index contributed by atoms with van der Waals surface area (Å²) in [6.45, 7) is 5.49. The average molecular weight is 299 g/mol. The van der Waals surface area contributed by atoms with E-state index in [2.05, 4.69) is 46.1 Å². The number of pyridine rings is 1. The van der Waals surface area contributed by atoms with Crippen molar-refractivity contribution in [3.05, 3.63) is 28.5 Å². The van der Waals surface area contributed by atoms with Gasteiger partial charge < -0.3 is 5.32 Å². The van der Waals surface area contributed by atoms with Crippen LogP contribution in [0.3, 0.4) is 0 Å². The van der Waals surface area contributed by atoms with Crippen LogP contribution >= 0.6 is 15.9 Å². The van der Waals surface area contributed by atoms with Crippen LogP contribution in [-0.4, -0.2) is 11.5 Å². The molecule has 0 fully saturated rings. The third-order valence-corrected chi connectivity index (χ3v) is 3.52. The summed E-state index contributed by atoms with van der Waals surface area (Å²) >= 11 is 3.60. The number of nitrogens with one attached hydrogen (secondary N) is 1. The average Bonchev–Trinajstić information content (AvgIpc) is 2.35. The Morgan fingerprint density at radius 2 is 2.12 bits per heavy atom. The van der Waals surface area contributed by atoms with Gasteiger partial charge in [-0.05, 0) is 47.4 Å². The molecule has 0 aliphatic rings. The van der Waals surface area contributed by atoms with Gasteiger partial charge in [-0.1, -0.05) is 33.1 Å². The van der Waals surface area contributed by atoms with E-state index in [1.807, 2.05) is 12.3 Å². The van der Waals surface area contributed by atoms with E-state index in [0.29, 0.717) is 6.04 Å². The normalized spacial score (nSPS) is 12.6. The second-order valence-electron chi connectivity index (χ2n) is 4.37. The Balaban J connectivity index is 2.64. The van der Waals surface area contributed by atoms with Crippen LogP contribution in [0.25, 0.3) is 0 Å². The summed E-state index contributed by atoms with van der Waals surface area (Å²) in [7, 11) is 0. The molecule has 1 heterocycles. The quantitative estimate of drug-likeness (QED) is 0.717. The molecule has 96 valence electrons. The number of hydrogen-bond donors (Lipinski definition) is 1. The molecule has 0 radical (unpaired) electrons. The Morgan fingerprint density at radius 1 is 1.29 bits per heavy atom. The minimum absolute atomic E-state index is 0.386. The molecule has 0 spiro atoms. The molecule has 1 N–H and O–H groups in total. The van der Waals surface area contributed by atoms with E-state index >= 15 is 0 Å². The predicted octanol–water partition coefficient (Wildman–Crippen LogP) is 4.47. The van der Waals surface area contributed by atoms with Crippen molar-refractivity contribution in [2.24, 2.45) is 0 Å². The van der Waals surface area contributed by atoms with Crippen LogP contribution in [0.15, 0.2) is 22.8 Å². The number of unbranched alkanes of at least 4 members (excludes halogenated alkanes) is 2. The second kappa shape index (κ2) is 8.65. The van der Waals surface area contributed by atoms with Gasteiger partial charge in [0.05, 0.1) is 11.7 Å². The number of hydrogen-bond acceptors (Lipinski definition) is 2. The molecule has 0 aliphatic carbocycles. The van der Waals surface area contributed by atoms with Crippen LogP contribution in [0, 0.1) is 0 Å². The second-order valence-corrected chi connectivity index (χ2v) is 5.23. The van der Waals surface area contributed by atoms with Gasteiger partial charge in [0.1, 0.15) is 0 Å². The first kappa shape index (κ1) is 14.7. The first-order valence-electron chi connectivity index (χ1n) is 6.63. The van der Waals surface area contributed by atoms with Crippen molar-refractivity contribution in [3.8, 4) is 0 Å². The first-order valence-corrected chi connectivity index (χ1v) is 7.42. The van der Waals surface area contributed by atoms with Gasteiger partial charge >= 0.3 is 0 Å². The van der Waals surface area contributed by atoms with Gasteiger partial charge in [-0.2, -0.15) is 0 Å². The standard InChI is InChI=1S/C14H23BrN2/c1-3-5-6-9-13(16-10-4-2)14-12(15)8-7-11-17-14/h7-8,11,13,16H,3-6,9-10H2,1-2H3. The van der Waals surface area contributed by atoms with E-state index in [1.165, 1.54) is 25.7 Å². The molecule has 1 atom stereocenters. The zero-order valence-electron chi connectivity index (χ0n) is 10.9. The Labute approximate surface area is 113 Å². The van der Waals surface area contributed by atoms with Crippen molar-refractivity contribution in [1.29, 1.82) is 0 Å². The zero-order chi connectivity index (χ0) is 12.5. The Hall–Kier alpha value is -0.410. The van der Waals surface area contributed by atoms with Crippen LogP contribution < -0.4 is 5.32 Å². The Kier molecular flexibility index (Phi) is 7.45. The monoisotopic (exact) mass is 298 g/mol. The summed E-state index contributed by atoms with van der Waals surface area (Å²) in [6.07, 6.45) is 8.04. The molecule has 1 aromatic heterocycles. The van der Waals surface area contributed by atoms with Crippen LogP contribution in [0.4, 0.5) is 0 Å². The smallest absolute Gasteiger partial charge is 0.0714 e. The van der Waals surface area contributed by atoms with Crippen molar-refractivity contribution in [3.63, 3.8) is 0 Å². The van der Waals surface area contributed by atoms with E-state index in [1.54, 1.807) is 0 Å². The maximum atomic E-state index is 4.50. The minimum Gasteiger partial charge on any atom is -0.309 e. The molecule has 0 saturated heterocycles. The van der Waals surface area contributed by atoms with E-state index in [0.717, 1.165) is 23.1 Å². The number of halogens is 1. The van der Waals surface area contributed by atoms with Crippen molar-refractivity contribution >= 4 is 15.9 Å². The summed E-state index contributed by atoms with van der Waals surface area (Å²) in [5.41, 5.74) is 1.15. The molecule has 0 aromatic carbocycles. The van der Waals surface area contributed by atoms with Crippen LogP contribution in [0.5, 0.6) is 0 Å². The lowest BCUT2D eigenvalue weighted by atomic mass is 10.0. The lowest BCUT2D eigenvalue weighted by molar-refractivity contribution is 0.464. The molecule has 0 amide bonds. The third-order valence-electron chi connectivity index (χ3n) is 2.85. The first-order chi connectivity index (χ1) is 8.29. The number of rotatable bonds is 8. The fourth-order valence-electron chi connectivity index (χ4n) is 1.91. The van der Waals surface area contributed by atoms with Crippen LogP contribution in [-0.2, 0) is 0 Å². The van der Waals surface area contributed by atoms with E-state index in [-0.39, 0.29) is 0 Å².